The van der Waals surface area contributed by atoms with Gasteiger partial charge in [-0.05, 0) is 30.2 Å². The summed E-state index contributed by atoms with van der Waals surface area (Å²) in [7, 11) is 1.72. The lowest BCUT2D eigenvalue weighted by Crippen LogP contribution is -2.38. The van der Waals surface area contributed by atoms with Crippen molar-refractivity contribution < 1.29 is 4.74 Å². The van der Waals surface area contributed by atoms with Crippen LogP contribution in [0, 0.1) is 0 Å². The summed E-state index contributed by atoms with van der Waals surface area (Å²) >= 11 is 1.84. The second-order valence-corrected chi connectivity index (χ2v) is 6.65. The molecule has 2 aromatic carbocycles. The molecule has 0 fully saturated rings. The van der Waals surface area contributed by atoms with Gasteiger partial charge in [-0.15, -0.1) is 35.7 Å². The number of hydrogen-bond acceptors (Lipinski definition) is 3. The van der Waals surface area contributed by atoms with Crippen LogP contribution in [0.15, 0.2) is 64.5 Å². The molecule has 2 N–H and O–H groups in total. The van der Waals surface area contributed by atoms with Crippen LogP contribution < -0.4 is 10.6 Å². The Morgan fingerprint density at radius 2 is 1.69 bits per heavy atom. The predicted octanol–water partition coefficient (Wildman–Crippen LogP) is 4.30. The summed E-state index contributed by atoms with van der Waals surface area (Å²) in [5.74, 6) is 1.85. The van der Waals surface area contributed by atoms with Gasteiger partial charge in [-0.2, -0.15) is 0 Å². The van der Waals surface area contributed by atoms with E-state index < -0.39 is 0 Å². The summed E-state index contributed by atoms with van der Waals surface area (Å²) in [4.78, 5) is 5.99. The van der Waals surface area contributed by atoms with Crippen molar-refractivity contribution in [1.82, 2.24) is 10.6 Å². The Kier molecular flexibility index (Phi) is 12.2. The summed E-state index contributed by atoms with van der Waals surface area (Å²) < 4.78 is 5.26. The molecule has 2 aromatic rings. The number of thioether (sulfide) groups is 1. The molecule has 142 valence electrons. The molecule has 2 rings (SSSR count). The van der Waals surface area contributed by atoms with Crippen molar-refractivity contribution in [3.63, 3.8) is 0 Å². The molecule has 0 spiro atoms. The lowest BCUT2D eigenvalue weighted by atomic mass is 10.1. The van der Waals surface area contributed by atoms with Crippen molar-refractivity contribution in [3.8, 4) is 0 Å². The van der Waals surface area contributed by atoms with E-state index >= 15 is 0 Å². The van der Waals surface area contributed by atoms with E-state index in [0.29, 0.717) is 13.2 Å². The first-order valence-electron chi connectivity index (χ1n) is 8.59. The largest absolute Gasteiger partial charge is 0.380 e. The van der Waals surface area contributed by atoms with E-state index in [9.17, 15) is 0 Å². The van der Waals surface area contributed by atoms with Gasteiger partial charge >= 0.3 is 0 Å². The van der Waals surface area contributed by atoms with E-state index in [1.54, 1.807) is 7.11 Å². The van der Waals surface area contributed by atoms with Gasteiger partial charge in [0.15, 0.2) is 5.96 Å². The van der Waals surface area contributed by atoms with Gasteiger partial charge in [0.1, 0.15) is 0 Å². The van der Waals surface area contributed by atoms with Gasteiger partial charge in [0.25, 0.3) is 0 Å². The van der Waals surface area contributed by atoms with E-state index in [-0.39, 0.29) is 24.0 Å². The number of rotatable bonds is 9. The highest BCUT2D eigenvalue weighted by molar-refractivity contribution is 14.0. The maximum atomic E-state index is 5.26. The number of hydrogen-bond donors (Lipinski definition) is 2. The van der Waals surface area contributed by atoms with E-state index in [0.717, 1.165) is 24.8 Å². The van der Waals surface area contributed by atoms with E-state index in [2.05, 4.69) is 54.0 Å². The van der Waals surface area contributed by atoms with Gasteiger partial charge in [-0.3, -0.25) is 0 Å². The molecule has 0 radical (unpaired) electrons. The lowest BCUT2D eigenvalue weighted by molar-refractivity contribution is 0.184. The molecule has 0 aliphatic carbocycles. The van der Waals surface area contributed by atoms with Gasteiger partial charge in [-0.25, -0.2) is 4.99 Å². The van der Waals surface area contributed by atoms with Crippen LogP contribution in [0.1, 0.15) is 18.1 Å². The SMILES string of the molecule is CCNC(=NCc1ccccc1COC)NCCSc1ccccc1.I. The van der Waals surface area contributed by atoms with Crippen LogP contribution in [0.4, 0.5) is 0 Å². The van der Waals surface area contributed by atoms with Crippen LogP contribution >= 0.6 is 35.7 Å². The zero-order valence-electron chi connectivity index (χ0n) is 15.4. The molecule has 26 heavy (non-hydrogen) atoms. The normalized spacial score (nSPS) is 10.9. The van der Waals surface area contributed by atoms with Crippen LogP contribution in [0.25, 0.3) is 0 Å². The Hall–Kier alpha value is -1.25. The Morgan fingerprint density at radius 1 is 1.00 bits per heavy atom. The third kappa shape index (κ3) is 8.42. The fraction of sp³-hybridized carbons (Fsp3) is 0.350. The van der Waals surface area contributed by atoms with Crippen molar-refractivity contribution >= 4 is 41.7 Å². The molecule has 0 aliphatic rings. The van der Waals surface area contributed by atoms with Crippen LogP contribution in [-0.2, 0) is 17.9 Å². The molecular formula is C20H28IN3OS. The molecule has 0 unspecified atom stereocenters. The summed E-state index contributed by atoms with van der Waals surface area (Å²) in [5, 5.41) is 6.70. The number of benzene rings is 2. The first-order valence-corrected chi connectivity index (χ1v) is 9.57. The summed E-state index contributed by atoms with van der Waals surface area (Å²) in [6, 6.07) is 18.7. The highest BCUT2D eigenvalue weighted by Gasteiger charge is 2.02. The van der Waals surface area contributed by atoms with Gasteiger partial charge in [0, 0.05) is 30.8 Å². The Balaban J connectivity index is 0.00000338. The molecule has 0 amide bonds. The molecule has 0 saturated carbocycles. The van der Waals surface area contributed by atoms with Crippen molar-refractivity contribution in [2.45, 2.75) is 25.0 Å². The fourth-order valence-electron chi connectivity index (χ4n) is 2.37. The Labute approximate surface area is 178 Å². The topological polar surface area (TPSA) is 45.7 Å². The molecule has 0 saturated heterocycles. The van der Waals surface area contributed by atoms with E-state index in [1.165, 1.54) is 16.0 Å². The van der Waals surface area contributed by atoms with Crippen LogP contribution in [0.3, 0.4) is 0 Å². The standard InChI is InChI=1S/C20H27N3OS.HI/c1-3-21-20(22-13-14-25-19-11-5-4-6-12-19)23-15-17-9-7-8-10-18(17)16-24-2;/h4-12H,3,13-16H2,1-2H3,(H2,21,22,23);1H. The van der Waals surface area contributed by atoms with Crippen molar-refractivity contribution in [2.24, 2.45) is 4.99 Å². The van der Waals surface area contributed by atoms with Gasteiger partial charge in [0.2, 0.25) is 0 Å². The van der Waals surface area contributed by atoms with Crippen molar-refractivity contribution in [2.75, 3.05) is 26.0 Å². The summed E-state index contributed by atoms with van der Waals surface area (Å²) in [5.41, 5.74) is 2.38. The molecular weight excluding hydrogens is 457 g/mol. The third-order valence-electron chi connectivity index (χ3n) is 3.58. The number of aliphatic imine (C=N–C) groups is 1. The number of ether oxygens (including phenoxy) is 1. The minimum Gasteiger partial charge on any atom is -0.380 e. The molecule has 0 atom stereocenters. The van der Waals surface area contributed by atoms with Crippen molar-refractivity contribution in [1.29, 1.82) is 0 Å². The monoisotopic (exact) mass is 485 g/mol. The Bertz CT molecular complexity index is 653. The summed E-state index contributed by atoms with van der Waals surface area (Å²) in [6.07, 6.45) is 0. The first kappa shape index (κ1) is 22.8. The quantitative estimate of drug-likeness (QED) is 0.183. The van der Waals surface area contributed by atoms with Gasteiger partial charge < -0.3 is 15.4 Å². The van der Waals surface area contributed by atoms with Crippen LogP contribution in [0.2, 0.25) is 0 Å². The predicted molar refractivity (Wildman–Crippen MR) is 123 cm³/mol. The van der Waals surface area contributed by atoms with Gasteiger partial charge in [0.05, 0.1) is 13.2 Å². The first-order chi connectivity index (χ1) is 12.3. The number of nitrogens with zero attached hydrogens (tertiary/aromatic N) is 1. The third-order valence-corrected chi connectivity index (χ3v) is 4.59. The number of guanidine groups is 1. The maximum Gasteiger partial charge on any atom is 0.191 e. The molecule has 4 nitrogen and oxygen atoms in total. The minimum atomic E-state index is 0. The average molecular weight is 485 g/mol. The van der Waals surface area contributed by atoms with Gasteiger partial charge in [-0.1, -0.05) is 42.5 Å². The highest BCUT2D eigenvalue weighted by atomic mass is 127. The lowest BCUT2D eigenvalue weighted by Gasteiger charge is -2.12. The van der Waals surface area contributed by atoms with E-state index in [1.807, 2.05) is 30.0 Å². The zero-order valence-corrected chi connectivity index (χ0v) is 18.6. The Morgan fingerprint density at radius 3 is 2.38 bits per heavy atom. The smallest absolute Gasteiger partial charge is 0.191 e. The molecule has 0 bridgehead atoms. The van der Waals surface area contributed by atoms with Crippen molar-refractivity contribution in [3.05, 3.63) is 65.7 Å². The summed E-state index contributed by atoms with van der Waals surface area (Å²) in [6.45, 7) is 5.04. The van der Waals surface area contributed by atoms with Crippen LogP contribution in [0.5, 0.6) is 0 Å². The number of halogens is 1. The number of nitrogens with one attached hydrogen (secondary N) is 2. The van der Waals surface area contributed by atoms with E-state index in [4.69, 9.17) is 9.73 Å². The fourth-order valence-corrected chi connectivity index (χ4v) is 3.16. The second kappa shape index (κ2) is 13.9. The zero-order chi connectivity index (χ0) is 17.7. The molecule has 0 heterocycles. The van der Waals surface area contributed by atoms with Crippen LogP contribution in [-0.4, -0.2) is 31.9 Å². The minimum absolute atomic E-state index is 0. The molecule has 0 aliphatic heterocycles. The highest BCUT2D eigenvalue weighted by Crippen LogP contribution is 2.15. The maximum absolute atomic E-state index is 5.26. The number of methoxy groups -OCH3 is 1. The molecule has 0 aromatic heterocycles. The second-order valence-electron chi connectivity index (χ2n) is 5.49. The molecule has 6 heteroatoms. The average Bonchev–Trinajstić information content (AvgIpc) is 2.65.